The largest absolute Gasteiger partial charge is 0.318 e. The van der Waals surface area contributed by atoms with Crippen LogP contribution in [0.4, 0.5) is 5.69 Å². The first-order chi connectivity index (χ1) is 9.81. The lowest BCUT2D eigenvalue weighted by Gasteiger charge is -2.22. The van der Waals surface area contributed by atoms with Gasteiger partial charge >= 0.3 is 0 Å². The van der Waals surface area contributed by atoms with Gasteiger partial charge in [0.1, 0.15) is 0 Å². The molecule has 1 N–H and O–H groups in total. The van der Waals surface area contributed by atoms with Crippen molar-refractivity contribution in [2.45, 2.75) is 9.79 Å². The van der Waals surface area contributed by atoms with Gasteiger partial charge in [-0.2, -0.15) is 0 Å². The molecule has 0 aromatic heterocycles. The van der Waals surface area contributed by atoms with Crippen LogP contribution in [0.25, 0.3) is 0 Å². The first-order valence-corrected chi connectivity index (χ1v) is 7.45. The number of amides is 1. The number of carbonyl (C=O) groups excluding carboxylic acids is 1. The fourth-order valence-electron chi connectivity index (χ4n) is 2.32. The molecule has 0 spiro atoms. The Morgan fingerprint density at radius 1 is 1.05 bits per heavy atom. The summed E-state index contributed by atoms with van der Waals surface area (Å²) < 4.78 is 0. The lowest BCUT2D eigenvalue weighted by Crippen LogP contribution is -2.36. The molecule has 3 nitrogen and oxygen atoms in total. The van der Waals surface area contributed by atoms with E-state index in [2.05, 4.69) is 11.4 Å². The molecule has 102 valence electrons. The Labute approximate surface area is 123 Å². The number of nitrogens with zero attached hydrogens (tertiary/aromatic N) is 1. The van der Waals surface area contributed by atoms with Crippen molar-refractivity contribution in [2.24, 2.45) is 0 Å². The molecule has 0 unspecified atom stereocenters. The second-order valence-corrected chi connectivity index (χ2v) is 5.71. The molecule has 1 aliphatic rings. The van der Waals surface area contributed by atoms with Crippen LogP contribution in [0.15, 0.2) is 58.3 Å². The van der Waals surface area contributed by atoms with Crippen LogP contribution in [0, 0.1) is 0 Å². The molecule has 0 bridgehead atoms. The quantitative estimate of drug-likeness (QED) is 0.940. The third kappa shape index (κ3) is 2.32. The summed E-state index contributed by atoms with van der Waals surface area (Å²) in [6, 6.07) is 15.9. The van der Waals surface area contributed by atoms with E-state index in [4.69, 9.17) is 0 Å². The van der Waals surface area contributed by atoms with Crippen molar-refractivity contribution < 1.29 is 4.79 Å². The summed E-state index contributed by atoms with van der Waals surface area (Å²) >= 11 is 1.66. The Morgan fingerprint density at radius 3 is 2.55 bits per heavy atom. The van der Waals surface area contributed by atoms with E-state index in [0.717, 1.165) is 27.6 Å². The van der Waals surface area contributed by atoms with Gasteiger partial charge in [-0.1, -0.05) is 36.0 Å². The van der Waals surface area contributed by atoms with E-state index in [1.807, 2.05) is 54.4 Å². The molecule has 4 heteroatoms. The van der Waals surface area contributed by atoms with Gasteiger partial charge in [0.2, 0.25) is 0 Å². The first-order valence-electron chi connectivity index (χ1n) is 6.63. The summed E-state index contributed by atoms with van der Waals surface area (Å²) in [6.07, 6.45) is 0. The van der Waals surface area contributed by atoms with Gasteiger partial charge in [-0.3, -0.25) is 4.79 Å². The number of para-hydroxylation sites is 1. The molecular weight excluding hydrogens is 268 g/mol. The van der Waals surface area contributed by atoms with E-state index in [-0.39, 0.29) is 5.91 Å². The molecule has 0 saturated carbocycles. The monoisotopic (exact) mass is 284 g/mol. The number of hydrogen-bond acceptors (Lipinski definition) is 3. The number of nitrogens with one attached hydrogen (secondary N) is 1. The zero-order valence-electron chi connectivity index (χ0n) is 11.3. The summed E-state index contributed by atoms with van der Waals surface area (Å²) in [6.45, 7) is 1.44. The summed E-state index contributed by atoms with van der Waals surface area (Å²) in [4.78, 5) is 16.8. The molecule has 0 fully saturated rings. The Hall–Kier alpha value is -1.78. The molecule has 0 atom stereocenters. The van der Waals surface area contributed by atoms with Crippen LogP contribution in [0.5, 0.6) is 0 Å². The van der Waals surface area contributed by atoms with Crippen LogP contribution in [-0.4, -0.2) is 26.0 Å². The fraction of sp³-hybridized carbons (Fsp3) is 0.188. The van der Waals surface area contributed by atoms with Crippen LogP contribution in [0.2, 0.25) is 0 Å². The molecule has 1 aliphatic heterocycles. The van der Waals surface area contributed by atoms with Gasteiger partial charge in [0.25, 0.3) is 5.91 Å². The molecule has 1 amide bonds. The highest BCUT2D eigenvalue weighted by molar-refractivity contribution is 7.99. The van der Waals surface area contributed by atoms with Gasteiger partial charge in [0.05, 0.1) is 11.3 Å². The average molecular weight is 284 g/mol. The van der Waals surface area contributed by atoms with Crippen LogP contribution >= 0.6 is 11.8 Å². The second-order valence-electron chi connectivity index (χ2n) is 4.63. The van der Waals surface area contributed by atoms with Gasteiger partial charge < -0.3 is 10.2 Å². The van der Waals surface area contributed by atoms with Gasteiger partial charge in [-0.15, -0.1) is 0 Å². The highest BCUT2D eigenvalue weighted by atomic mass is 32.2. The minimum atomic E-state index is 0.0771. The number of benzene rings is 2. The Kier molecular flexibility index (Phi) is 3.76. The van der Waals surface area contributed by atoms with Crippen molar-refractivity contribution in [1.29, 1.82) is 0 Å². The number of likely N-dealkylation sites (N-methyl/N-ethyl adjacent to an activating group) is 1. The van der Waals surface area contributed by atoms with Gasteiger partial charge in [-0.05, 0) is 31.3 Å². The van der Waals surface area contributed by atoms with Gasteiger partial charge in [-0.25, -0.2) is 0 Å². The third-order valence-electron chi connectivity index (χ3n) is 3.32. The molecule has 2 aromatic carbocycles. The number of hydrogen-bond donors (Lipinski definition) is 1. The number of anilines is 1. The van der Waals surface area contributed by atoms with Gasteiger partial charge in [0.15, 0.2) is 0 Å². The summed E-state index contributed by atoms with van der Waals surface area (Å²) in [5.41, 5.74) is 1.78. The highest BCUT2D eigenvalue weighted by Gasteiger charge is 2.26. The van der Waals surface area contributed by atoms with Crippen molar-refractivity contribution in [2.75, 3.05) is 25.0 Å². The van der Waals surface area contributed by atoms with Gasteiger partial charge in [0, 0.05) is 22.9 Å². The zero-order chi connectivity index (χ0) is 13.9. The maximum Gasteiger partial charge on any atom is 0.259 e. The van der Waals surface area contributed by atoms with Crippen molar-refractivity contribution in [3.63, 3.8) is 0 Å². The summed E-state index contributed by atoms with van der Waals surface area (Å²) in [5, 5.41) is 3.11. The zero-order valence-corrected chi connectivity index (χ0v) is 12.1. The molecule has 0 radical (unpaired) electrons. The first kappa shape index (κ1) is 13.2. The molecule has 3 rings (SSSR count). The van der Waals surface area contributed by atoms with Crippen LogP contribution in [-0.2, 0) is 0 Å². The minimum Gasteiger partial charge on any atom is -0.318 e. The Balaban J connectivity index is 2.11. The SMILES string of the molecule is CNCCN1C(=O)c2ccccc2Sc2ccccc21. The predicted molar refractivity (Wildman–Crippen MR) is 82.6 cm³/mol. The number of carbonyl (C=O) groups is 1. The minimum absolute atomic E-state index is 0.0771. The van der Waals surface area contributed by atoms with Crippen molar-refractivity contribution in [1.82, 2.24) is 5.32 Å². The molecule has 0 aliphatic carbocycles. The maximum absolute atomic E-state index is 12.8. The predicted octanol–water partition coefficient (Wildman–Crippen LogP) is 3.02. The Bertz CT molecular complexity index is 642. The number of fused-ring (bicyclic) bond motifs is 2. The van der Waals surface area contributed by atoms with Crippen LogP contribution in [0.3, 0.4) is 0 Å². The van der Waals surface area contributed by atoms with Crippen molar-refractivity contribution in [3.05, 3.63) is 54.1 Å². The van der Waals surface area contributed by atoms with E-state index >= 15 is 0 Å². The average Bonchev–Trinajstić information content (AvgIpc) is 2.60. The van der Waals surface area contributed by atoms with E-state index in [0.29, 0.717) is 6.54 Å². The topological polar surface area (TPSA) is 32.3 Å². The normalized spacial score (nSPS) is 13.7. The third-order valence-corrected chi connectivity index (χ3v) is 4.47. The van der Waals surface area contributed by atoms with Crippen molar-refractivity contribution in [3.8, 4) is 0 Å². The Morgan fingerprint density at radius 2 is 1.75 bits per heavy atom. The van der Waals surface area contributed by atoms with E-state index in [1.165, 1.54) is 0 Å². The standard InChI is InChI=1S/C16H16N2OS/c1-17-10-11-18-13-7-3-5-9-15(13)20-14-8-4-2-6-12(14)16(18)19/h2-9,17H,10-11H2,1H3. The fourth-order valence-corrected chi connectivity index (χ4v) is 3.40. The maximum atomic E-state index is 12.8. The summed E-state index contributed by atoms with van der Waals surface area (Å²) in [7, 11) is 1.90. The van der Waals surface area contributed by atoms with E-state index in [1.54, 1.807) is 11.8 Å². The number of rotatable bonds is 3. The smallest absolute Gasteiger partial charge is 0.259 e. The molecule has 1 heterocycles. The molecule has 2 aromatic rings. The van der Waals surface area contributed by atoms with E-state index in [9.17, 15) is 4.79 Å². The van der Waals surface area contributed by atoms with E-state index < -0.39 is 0 Å². The molecule has 0 saturated heterocycles. The lowest BCUT2D eigenvalue weighted by atomic mass is 10.2. The van der Waals surface area contributed by atoms with Crippen LogP contribution in [0.1, 0.15) is 10.4 Å². The van der Waals surface area contributed by atoms with Crippen molar-refractivity contribution >= 4 is 23.4 Å². The van der Waals surface area contributed by atoms with Crippen LogP contribution < -0.4 is 10.2 Å². The molecular formula is C16H16N2OS. The summed E-state index contributed by atoms with van der Waals surface area (Å²) in [5.74, 6) is 0.0771. The molecule has 20 heavy (non-hydrogen) atoms. The highest BCUT2D eigenvalue weighted by Crippen LogP contribution is 2.40. The lowest BCUT2D eigenvalue weighted by molar-refractivity contribution is 0.0984. The second kappa shape index (κ2) is 5.69.